The van der Waals surface area contributed by atoms with Crippen LogP contribution >= 0.6 is 0 Å². The summed E-state index contributed by atoms with van der Waals surface area (Å²) in [7, 11) is 1.56. The second-order valence-electron chi connectivity index (χ2n) is 8.10. The van der Waals surface area contributed by atoms with Crippen molar-refractivity contribution in [2.45, 2.75) is 32.9 Å². The molecule has 1 amide bonds. The maximum absolute atomic E-state index is 13.2. The van der Waals surface area contributed by atoms with Crippen molar-refractivity contribution >= 4 is 17.4 Å². The first-order chi connectivity index (χ1) is 16.4. The molecule has 1 aliphatic heterocycles. The third-order valence-corrected chi connectivity index (χ3v) is 5.64. The molecular formula is C27H27NO6. The van der Waals surface area contributed by atoms with Gasteiger partial charge in [-0.15, -0.1) is 0 Å². The number of Topliss-reactive ketones (excluding diaryl/α,β-unsaturated/α-hetero) is 1. The van der Waals surface area contributed by atoms with Crippen LogP contribution in [-0.2, 0) is 16.1 Å². The maximum Gasteiger partial charge on any atom is 0.296 e. The minimum atomic E-state index is -0.875. The quantitative estimate of drug-likeness (QED) is 0.288. The summed E-state index contributed by atoms with van der Waals surface area (Å²) in [5.74, 6) is 0.510. The standard InChI is InChI=1S/C27H27NO6/c1-4-13-33-21-10-6-8-19(15-21)25(29)23-24(22-12-11-17(2)34-22)28(27(31)26(23)30)16-18-7-5-9-20(14-18)32-3/h5-12,14-15,24,29H,4,13,16H2,1-3H3/b25-23-. The lowest BCUT2D eigenvalue weighted by molar-refractivity contribution is -0.140. The van der Waals surface area contributed by atoms with Gasteiger partial charge < -0.3 is 23.9 Å². The molecule has 2 aromatic carbocycles. The number of rotatable bonds is 8. The molecule has 0 radical (unpaired) electrons. The number of carbonyl (C=O) groups is 2. The Bertz CT molecular complexity index is 1240. The van der Waals surface area contributed by atoms with Crippen LogP contribution in [0.5, 0.6) is 11.5 Å². The third-order valence-electron chi connectivity index (χ3n) is 5.64. The predicted molar refractivity (Wildman–Crippen MR) is 127 cm³/mol. The number of likely N-dealkylation sites (tertiary alicyclic amines) is 1. The van der Waals surface area contributed by atoms with E-state index in [4.69, 9.17) is 13.9 Å². The maximum atomic E-state index is 13.2. The summed E-state index contributed by atoms with van der Waals surface area (Å²) >= 11 is 0. The fraction of sp³-hybridized carbons (Fsp3) is 0.259. The Hall–Kier alpha value is -4.00. The number of nitrogens with zero attached hydrogens (tertiary/aromatic N) is 1. The van der Waals surface area contributed by atoms with Crippen LogP contribution in [0.3, 0.4) is 0 Å². The van der Waals surface area contributed by atoms with E-state index in [9.17, 15) is 14.7 Å². The number of furan rings is 1. The van der Waals surface area contributed by atoms with Gasteiger partial charge in [-0.05, 0) is 55.3 Å². The van der Waals surface area contributed by atoms with Gasteiger partial charge in [-0.3, -0.25) is 9.59 Å². The van der Waals surface area contributed by atoms with E-state index in [0.717, 1.165) is 12.0 Å². The minimum Gasteiger partial charge on any atom is -0.507 e. The summed E-state index contributed by atoms with van der Waals surface area (Å²) in [5.41, 5.74) is 1.15. The molecule has 1 fully saturated rings. The first-order valence-electron chi connectivity index (χ1n) is 11.1. The number of carbonyl (C=O) groups excluding carboxylic acids is 2. The van der Waals surface area contributed by atoms with Crippen molar-refractivity contribution in [2.24, 2.45) is 0 Å². The van der Waals surface area contributed by atoms with Crippen molar-refractivity contribution in [1.82, 2.24) is 4.90 Å². The number of ketones is 1. The van der Waals surface area contributed by atoms with E-state index >= 15 is 0 Å². The Balaban J connectivity index is 1.79. The van der Waals surface area contributed by atoms with Crippen LogP contribution in [0.1, 0.15) is 42.0 Å². The second kappa shape index (κ2) is 9.87. The van der Waals surface area contributed by atoms with Crippen molar-refractivity contribution in [3.8, 4) is 11.5 Å². The fourth-order valence-electron chi connectivity index (χ4n) is 4.02. The summed E-state index contributed by atoms with van der Waals surface area (Å²) in [5, 5.41) is 11.2. The smallest absolute Gasteiger partial charge is 0.296 e. The van der Waals surface area contributed by atoms with Crippen molar-refractivity contribution in [1.29, 1.82) is 0 Å². The zero-order chi connectivity index (χ0) is 24.2. The van der Waals surface area contributed by atoms with Gasteiger partial charge >= 0.3 is 0 Å². The Kier molecular flexibility index (Phi) is 6.72. The number of aliphatic hydroxyl groups excluding tert-OH is 1. The topological polar surface area (TPSA) is 89.2 Å². The van der Waals surface area contributed by atoms with Crippen molar-refractivity contribution in [3.05, 3.63) is 88.9 Å². The van der Waals surface area contributed by atoms with E-state index in [-0.39, 0.29) is 17.9 Å². The van der Waals surface area contributed by atoms with Gasteiger partial charge in [0.1, 0.15) is 34.8 Å². The molecule has 1 atom stereocenters. The number of ether oxygens (including phenoxy) is 2. The molecular weight excluding hydrogens is 434 g/mol. The number of hydrogen-bond acceptors (Lipinski definition) is 6. The molecule has 2 heterocycles. The summed E-state index contributed by atoms with van der Waals surface area (Å²) in [6.07, 6.45) is 0.837. The van der Waals surface area contributed by atoms with Crippen molar-refractivity contribution in [2.75, 3.05) is 13.7 Å². The van der Waals surface area contributed by atoms with Crippen molar-refractivity contribution < 1.29 is 28.6 Å². The minimum absolute atomic E-state index is 0.0186. The molecule has 0 saturated carbocycles. The average molecular weight is 462 g/mol. The van der Waals surface area contributed by atoms with E-state index in [1.165, 1.54) is 4.90 Å². The molecule has 0 aliphatic carbocycles. The van der Waals surface area contributed by atoms with E-state index in [1.54, 1.807) is 62.6 Å². The van der Waals surface area contributed by atoms with Gasteiger partial charge in [-0.25, -0.2) is 0 Å². The molecule has 1 aliphatic rings. The zero-order valence-electron chi connectivity index (χ0n) is 19.4. The first-order valence-corrected chi connectivity index (χ1v) is 11.1. The normalized spacial score (nSPS) is 17.3. The lowest BCUT2D eigenvalue weighted by Crippen LogP contribution is -2.29. The Labute approximate surface area is 198 Å². The number of aryl methyl sites for hydroxylation is 1. The second-order valence-corrected chi connectivity index (χ2v) is 8.10. The average Bonchev–Trinajstić information content (AvgIpc) is 3.38. The molecule has 4 rings (SSSR count). The molecule has 1 unspecified atom stereocenters. The van der Waals surface area contributed by atoms with Gasteiger partial charge in [0, 0.05) is 12.1 Å². The van der Waals surface area contributed by atoms with E-state index in [1.807, 2.05) is 19.1 Å². The van der Waals surface area contributed by atoms with Crippen LogP contribution in [0.25, 0.3) is 5.76 Å². The van der Waals surface area contributed by atoms with E-state index < -0.39 is 17.7 Å². The van der Waals surface area contributed by atoms with E-state index in [0.29, 0.717) is 35.2 Å². The Morgan fingerprint density at radius 2 is 1.82 bits per heavy atom. The molecule has 1 N–H and O–H groups in total. The largest absolute Gasteiger partial charge is 0.507 e. The molecule has 1 saturated heterocycles. The molecule has 3 aromatic rings. The molecule has 0 bridgehead atoms. The predicted octanol–water partition coefficient (Wildman–Crippen LogP) is 5.01. The fourth-order valence-corrected chi connectivity index (χ4v) is 4.02. The number of benzene rings is 2. The summed E-state index contributed by atoms with van der Waals surface area (Å²) in [4.78, 5) is 27.7. The monoisotopic (exact) mass is 461 g/mol. The summed E-state index contributed by atoms with van der Waals surface area (Å²) < 4.78 is 16.8. The lowest BCUT2D eigenvalue weighted by Gasteiger charge is -2.23. The van der Waals surface area contributed by atoms with E-state index in [2.05, 4.69) is 0 Å². The molecule has 34 heavy (non-hydrogen) atoms. The number of methoxy groups -OCH3 is 1. The summed E-state index contributed by atoms with van der Waals surface area (Å²) in [6.45, 7) is 4.45. The SMILES string of the molecule is CCCOc1cccc(/C(O)=C2/C(=O)C(=O)N(Cc3cccc(OC)c3)C2c2ccc(C)o2)c1. The van der Waals surface area contributed by atoms with Gasteiger partial charge in [0.2, 0.25) is 0 Å². The van der Waals surface area contributed by atoms with Crippen LogP contribution in [0, 0.1) is 6.92 Å². The van der Waals surface area contributed by atoms with Gasteiger partial charge in [-0.1, -0.05) is 31.2 Å². The van der Waals surface area contributed by atoms with Crippen LogP contribution in [0.15, 0.2) is 70.7 Å². The van der Waals surface area contributed by atoms with Crippen molar-refractivity contribution in [3.63, 3.8) is 0 Å². The van der Waals surface area contributed by atoms with Crippen LogP contribution in [0.4, 0.5) is 0 Å². The van der Waals surface area contributed by atoms with Crippen LogP contribution in [0.2, 0.25) is 0 Å². The highest BCUT2D eigenvalue weighted by atomic mass is 16.5. The third kappa shape index (κ3) is 4.55. The van der Waals surface area contributed by atoms with Gasteiger partial charge in [-0.2, -0.15) is 0 Å². The first kappa shape index (κ1) is 23.2. The summed E-state index contributed by atoms with van der Waals surface area (Å²) in [6, 6.07) is 16.7. The number of hydrogen-bond donors (Lipinski definition) is 1. The van der Waals surface area contributed by atoms with Gasteiger partial charge in [0.15, 0.2) is 0 Å². The molecule has 176 valence electrons. The Morgan fingerprint density at radius 3 is 2.53 bits per heavy atom. The van der Waals surface area contributed by atoms with Crippen LogP contribution < -0.4 is 9.47 Å². The Morgan fingerprint density at radius 1 is 1.06 bits per heavy atom. The molecule has 7 heteroatoms. The highest BCUT2D eigenvalue weighted by Crippen LogP contribution is 2.41. The highest BCUT2D eigenvalue weighted by molar-refractivity contribution is 6.46. The molecule has 0 spiro atoms. The zero-order valence-corrected chi connectivity index (χ0v) is 19.4. The van der Waals surface area contributed by atoms with Crippen LogP contribution in [-0.4, -0.2) is 35.4 Å². The van der Waals surface area contributed by atoms with Gasteiger partial charge in [0.25, 0.3) is 11.7 Å². The highest BCUT2D eigenvalue weighted by Gasteiger charge is 2.47. The number of amides is 1. The van der Waals surface area contributed by atoms with Gasteiger partial charge in [0.05, 0.1) is 19.3 Å². The molecule has 1 aromatic heterocycles. The number of aliphatic hydroxyl groups is 1. The lowest BCUT2D eigenvalue weighted by atomic mass is 9.99. The molecule has 7 nitrogen and oxygen atoms in total.